The van der Waals surface area contributed by atoms with E-state index >= 15 is 0 Å². The normalized spacial score (nSPS) is 16.8. The van der Waals surface area contributed by atoms with E-state index in [1.54, 1.807) is 13.2 Å². The molecule has 0 unspecified atom stereocenters. The predicted octanol–water partition coefficient (Wildman–Crippen LogP) is 2.46. The maximum atomic E-state index is 12.3. The summed E-state index contributed by atoms with van der Waals surface area (Å²) in [5, 5.41) is 0. The highest BCUT2D eigenvalue weighted by molar-refractivity contribution is 7.82. The van der Waals surface area contributed by atoms with Crippen LogP contribution in [0.15, 0.2) is 24.3 Å². The van der Waals surface area contributed by atoms with Crippen molar-refractivity contribution >= 4 is 10.4 Å². The van der Waals surface area contributed by atoms with Crippen LogP contribution in [0.2, 0.25) is 0 Å². The van der Waals surface area contributed by atoms with Crippen LogP contribution in [0.3, 0.4) is 0 Å². The average Bonchev–Trinajstić information content (AvgIpc) is 2.98. The Labute approximate surface area is 176 Å². The zero-order valence-electron chi connectivity index (χ0n) is 17.1. The van der Waals surface area contributed by atoms with Crippen molar-refractivity contribution < 1.29 is 26.3 Å². The van der Waals surface area contributed by atoms with Crippen LogP contribution in [0.5, 0.6) is 23.0 Å². The third kappa shape index (κ3) is 3.08. The largest absolute Gasteiger partial charge is 0.501 e. The van der Waals surface area contributed by atoms with Gasteiger partial charge in [-0.05, 0) is 73.7 Å². The maximum absolute atomic E-state index is 12.3. The Hall–Kier alpha value is -2.49. The number of fused-ring (bicyclic) bond motifs is 6. The highest BCUT2D eigenvalue weighted by atomic mass is 32.3. The molecule has 8 nitrogen and oxygen atoms in total. The summed E-state index contributed by atoms with van der Waals surface area (Å²) in [5.74, 6) is 1.29. The third-order valence-electron chi connectivity index (χ3n) is 5.91. The van der Waals surface area contributed by atoms with Gasteiger partial charge in [-0.25, -0.2) is 0 Å². The summed E-state index contributed by atoms with van der Waals surface area (Å²) in [7, 11) is -1.14. The smallest absolute Gasteiger partial charge is 0.497 e. The number of rotatable bonds is 8. The van der Waals surface area contributed by atoms with Crippen molar-refractivity contribution in [2.45, 2.75) is 31.1 Å². The fourth-order valence-corrected chi connectivity index (χ4v) is 5.48. The SMILES string of the molecule is COc1ccc2c(c1)C(CCCN)(CCCN)c1c-2cc2c(OC)c1OS(=O)(=O)O2. The second-order valence-electron chi connectivity index (χ2n) is 7.51. The molecule has 2 aromatic rings. The number of hydrogen-bond acceptors (Lipinski definition) is 8. The molecule has 0 atom stereocenters. The lowest BCUT2D eigenvalue weighted by Crippen LogP contribution is -2.30. The summed E-state index contributed by atoms with van der Waals surface area (Å²) in [6.45, 7) is 1.01. The first-order chi connectivity index (χ1) is 14.4. The molecule has 0 amide bonds. The van der Waals surface area contributed by atoms with Crippen molar-refractivity contribution in [1.29, 1.82) is 0 Å². The fraction of sp³-hybridized carbons (Fsp3) is 0.429. The summed E-state index contributed by atoms with van der Waals surface area (Å²) >= 11 is 0. The van der Waals surface area contributed by atoms with E-state index in [1.807, 2.05) is 18.2 Å². The first kappa shape index (κ1) is 20.8. The van der Waals surface area contributed by atoms with Gasteiger partial charge in [-0.2, -0.15) is 0 Å². The molecule has 0 spiro atoms. The molecular weight excluding hydrogens is 408 g/mol. The molecule has 4 N–H and O–H groups in total. The minimum Gasteiger partial charge on any atom is -0.497 e. The van der Waals surface area contributed by atoms with E-state index in [1.165, 1.54) is 7.11 Å². The first-order valence-electron chi connectivity index (χ1n) is 9.89. The Morgan fingerprint density at radius 1 is 0.967 bits per heavy atom. The molecule has 1 heterocycles. The van der Waals surface area contributed by atoms with Gasteiger partial charge in [-0.15, -0.1) is 8.42 Å². The number of hydrogen-bond donors (Lipinski definition) is 2. The van der Waals surface area contributed by atoms with Gasteiger partial charge in [-0.3, -0.25) is 0 Å². The van der Waals surface area contributed by atoms with Crippen molar-refractivity contribution in [2.75, 3.05) is 27.3 Å². The zero-order valence-corrected chi connectivity index (χ0v) is 17.9. The number of benzene rings is 2. The molecule has 0 saturated heterocycles. The molecule has 0 fully saturated rings. The van der Waals surface area contributed by atoms with Gasteiger partial charge in [0.25, 0.3) is 0 Å². The number of methoxy groups -OCH3 is 2. The lowest BCUT2D eigenvalue weighted by Gasteiger charge is -2.34. The van der Waals surface area contributed by atoms with Gasteiger partial charge in [0.15, 0.2) is 11.5 Å². The van der Waals surface area contributed by atoms with Gasteiger partial charge in [-0.1, -0.05) is 6.07 Å². The topological polar surface area (TPSA) is 123 Å². The Kier molecular flexibility index (Phi) is 5.29. The van der Waals surface area contributed by atoms with E-state index < -0.39 is 15.8 Å². The lowest BCUT2D eigenvalue weighted by atomic mass is 9.71. The summed E-state index contributed by atoms with van der Waals surface area (Å²) < 4.78 is 46.0. The lowest BCUT2D eigenvalue weighted by molar-refractivity contribution is 0.315. The van der Waals surface area contributed by atoms with Crippen LogP contribution in [-0.4, -0.2) is 35.7 Å². The second-order valence-corrected chi connectivity index (χ2v) is 8.66. The molecule has 1 aliphatic heterocycles. The van der Waals surface area contributed by atoms with E-state index in [9.17, 15) is 8.42 Å². The van der Waals surface area contributed by atoms with Crippen LogP contribution in [0.1, 0.15) is 36.8 Å². The van der Waals surface area contributed by atoms with Gasteiger partial charge in [0.1, 0.15) is 5.75 Å². The van der Waals surface area contributed by atoms with Crippen molar-refractivity contribution in [1.82, 2.24) is 0 Å². The minimum absolute atomic E-state index is 0.118. The van der Waals surface area contributed by atoms with E-state index in [0.717, 1.165) is 40.8 Å². The molecule has 0 aromatic heterocycles. The highest BCUT2D eigenvalue weighted by Gasteiger charge is 2.49. The van der Waals surface area contributed by atoms with E-state index in [-0.39, 0.29) is 17.2 Å². The zero-order chi connectivity index (χ0) is 21.5. The van der Waals surface area contributed by atoms with Crippen LogP contribution >= 0.6 is 0 Å². The van der Waals surface area contributed by atoms with Crippen LogP contribution < -0.4 is 29.3 Å². The molecular formula is C21H26N2O6S. The van der Waals surface area contributed by atoms with Gasteiger partial charge in [0, 0.05) is 11.0 Å². The monoisotopic (exact) mass is 434 g/mol. The fourth-order valence-electron chi connectivity index (χ4n) is 4.74. The second kappa shape index (κ2) is 7.64. The molecule has 2 bridgehead atoms. The molecule has 0 radical (unpaired) electrons. The van der Waals surface area contributed by atoms with Gasteiger partial charge >= 0.3 is 10.4 Å². The van der Waals surface area contributed by atoms with E-state index in [0.29, 0.717) is 25.9 Å². The minimum atomic E-state index is -4.23. The van der Waals surface area contributed by atoms with Gasteiger partial charge in [0.2, 0.25) is 5.75 Å². The molecule has 1 aliphatic carbocycles. The molecule has 2 aromatic carbocycles. The Bertz CT molecular complexity index is 1080. The van der Waals surface area contributed by atoms with Crippen LogP contribution in [0.25, 0.3) is 11.1 Å². The number of ether oxygens (including phenoxy) is 2. The first-order valence-corrected chi connectivity index (χ1v) is 11.2. The number of nitrogens with two attached hydrogens (primary N) is 2. The summed E-state index contributed by atoms with van der Waals surface area (Å²) in [4.78, 5) is 0. The highest BCUT2D eigenvalue weighted by Crippen LogP contribution is 2.62. The van der Waals surface area contributed by atoms with Crippen molar-refractivity contribution in [3.8, 4) is 34.1 Å². The average molecular weight is 435 g/mol. The van der Waals surface area contributed by atoms with Crippen LogP contribution in [0.4, 0.5) is 0 Å². The summed E-state index contributed by atoms with van der Waals surface area (Å²) in [6, 6.07) is 7.59. The van der Waals surface area contributed by atoms with E-state index in [2.05, 4.69) is 0 Å². The van der Waals surface area contributed by atoms with E-state index in [4.69, 9.17) is 29.3 Å². The molecule has 9 heteroatoms. The van der Waals surface area contributed by atoms with Gasteiger partial charge < -0.3 is 29.3 Å². The quantitative estimate of drug-likeness (QED) is 0.649. The Morgan fingerprint density at radius 2 is 1.67 bits per heavy atom. The Morgan fingerprint density at radius 3 is 2.27 bits per heavy atom. The van der Waals surface area contributed by atoms with Crippen molar-refractivity contribution in [3.63, 3.8) is 0 Å². The Balaban J connectivity index is 2.06. The molecule has 162 valence electrons. The van der Waals surface area contributed by atoms with Crippen LogP contribution in [0, 0.1) is 0 Å². The molecule has 30 heavy (non-hydrogen) atoms. The predicted molar refractivity (Wildman–Crippen MR) is 113 cm³/mol. The molecule has 0 saturated carbocycles. The molecule has 4 rings (SSSR count). The summed E-state index contributed by atoms with van der Waals surface area (Å²) in [6.07, 6.45) is 2.90. The maximum Gasteiger partial charge on any atom is 0.501 e. The third-order valence-corrected chi connectivity index (χ3v) is 6.66. The molecule has 2 aliphatic rings. The standard InChI is InChI=1S/C21H26N2O6S/c1-26-13-5-6-14-15-12-17-19(27-2)20(29-30(24,25)28-17)18(15)21(7-3-9-22,8-4-10-23)16(14)11-13/h5-6,11-12H,3-4,7-10,22-23H2,1-2H3. The van der Waals surface area contributed by atoms with Crippen molar-refractivity contribution in [3.05, 3.63) is 35.4 Å². The summed E-state index contributed by atoms with van der Waals surface area (Å²) in [5.41, 5.74) is 14.9. The van der Waals surface area contributed by atoms with Crippen molar-refractivity contribution in [2.24, 2.45) is 11.5 Å². The van der Waals surface area contributed by atoms with Crippen LogP contribution in [-0.2, 0) is 15.8 Å². The van der Waals surface area contributed by atoms with Gasteiger partial charge in [0.05, 0.1) is 14.2 Å².